The maximum Gasteiger partial charge on any atom is 0.244 e. The molecule has 0 bridgehead atoms. The molecule has 1 fully saturated rings. The van der Waals surface area contributed by atoms with E-state index in [9.17, 15) is 8.42 Å². The lowest BCUT2D eigenvalue weighted by Crippen LogP contribution is -2.32. The van der Waals surface area contributed by atoms with Crippen molar-refractivity contribution < 1.29 is 13.2 Å². The summed E-state index contributed by atoms with van der Waals surface area (Å²) in [6.45, 7) is 4.42. The van der Waals surface area contributed by atoms with Crippen molar-refractivity contribution in [1.29, 1.82) is 0 Å². The number of benzene rings is 1. The Kier molecular flexibility index (Phi) is 4.96. The van der Waals surface area contributed by atoms with Gasteiger partial charge in [-0.15, -0.1) is 0 Å². The van der Waals surface area contributed by atoms with Gasteiger partial charge in [-0.05, 0) is 51.0 Å². The summed E-state index contributed by atoms with van der Waals surface area (Å²) in [7, 11) is -3.64. The minimum absolute atomic E-state index is 0.0494. The SMILES string of the molecule is Cc1nn(-c2ccc(Cl)cc2)c(C)c1S(=O)(=O)NC[C@@H]1CCCO1. The van der Waals surface area contributed by atoms with Crippen LogP contribution in [0.4, 0.5) is 0 Å². The van der Waals surface area contributed by atoms with Crippen LogP contribution in [0.2, 0.25) is 5.02 Å². The summed E-state index contributed by atoms with van der Waals surface area (Å²) in [5, 5.41) is 5.00. The molecule has 0 aliphatic carbocycles. The molecule has 0 amide bonds. The van der Waals surface area contributed by atoms with Crippen molar-refractivity contribution >= 4 is 21.6 Å². The fourth-order valence-electron chi connectivity index (χ4n) is 2.93. The number of nitrogens with zero attached hydrogens (tertiary/aromatic N) is 2. The Hall–Kier alpha value is -1.41. The summed E-state index contributed by atoms with van der Waals surface area (Å²) in [5.74, 6) is 0. The van der Waals surface area contributed by atoms with Crippen molar-refractivity contribution in [2.75, 3.05) is 13.2 Å². The number of aryl methyl sites for hydroxylation is 1. The van der Waals surface area contributed by atoms with Crippen LogP contribution < -0.4 is 4.72 Å². The molecule has 6 nitrogen and oxygen atoms in total. The van der Waals surface area contributed by atoms with Crippen molar-refractivity contribution in [3.8, 4) is 5.69 Å². The molecular weight excluding hydrogens is 350 g/mol. The highest BCUT2D eigenvalue weighted by Crippen LogP contribution is 2.23. The zero-order valence-electron chi connectivity index (χ0n) is 13.6. The Morgan fingerprint density at radius 2 is 2.04 bits per heavy atom. The number of hydrogen-bond acceptors (Lipinski definition) is 4. The van der Waals surface area contributed by atoms with E-state index in [1.54, 1.807) is 42.8 Å². The molecule has 1 aromatic heterocycles. The van der Waals surface area contributed by atoms with Gasteiger partial charge >= 0.3 is 0 Å². The number of halogens is 1. The van der Waals surface area contributed by atoms with Gasteiger partial charge in [0.1, 0.15) is 4.90 Å². The Bertz CT molecular complexity index is 825. The van der Waals surface area contributed by atoms with E-state index >= 15 is 0 Å². The van der Waals surface area contributed by atoms with Gasteiger partial charge in [0, 0.05) is 18.2 Å². The van der Waals surface area contributed by atoms with E-state index in [2.05, 4.69) is 9.82 Å². The fraction of sp³-hybridized carbons (Fsp3) is 0.438. The van der Waals surface area contributed by atoms with Crippen LogP contribution in [0.1, 0.15) is 24.2 Å². The minimum Gasteiger partial charge on any atom is -0.377 e. The second-order valence-electron chi connectivity index (χ2n) is 5.88. The van der Waals surface area contributed by atoms with Crippen molar-refractivity contribution in [1.82, 2.24) is 14.5 Å². The van der Waals surface area contributed by atoms with Gasteiger partial charge in [0.15, 0.2) is 0 Å². The van der Waals surface area contributed by atoms with Crippen LogP contribution in [0.5, 0.6) is 0 Å². The molecule has 1 atom stereocenters. The molecule has 24 heavy (non-hydrogen) atoms. The molecule has 0 saturated carbocycles. The monoisotopic (exact) mass is 369 g/mol. The maximum atomic E-state index is 12.7. The molecule has 0 spiro atoms. The number of hydrogen-bond donors (Lipinski definition) is 1. The fourth-order valence-corrected chi connectivity index (χ4v) is 4.51. The second kappa shape index (κ2) is 6.84. The molecule has 3 rings (SSSR count). The summed E-state index contributed by atoms with van der Waals surface area (Å²) in [4.78, 5) is 0.218. The first-order valence-electron chi connectivity index (χ1n) is 7.82. The molecule has 0 radical (unpaired) electrons. The summed E-state index contributed by atoms with van der Waals surface area (Å²) in [6, 6.07) is 7.10. The largest absolute Gasteiger partial charge is 0.377 e. The zero-order valence-corrected chi connectivity index (χ0v) is 15.2. The lowest BCUT2D eigenvalue weighted by molar-refractivity contribution is 0.114. The Morgan fingerprint density at radius 1 is 1.33 bits per heavy atom. The molecule has 1 N–H and O–H groups in total. The van der Waals surface area contributed by atoms with Crippen LogP contribution in [0.3, 0.4) is 0 Å². The van der Waals surface area contributed by atoms with Crippen molar-refractivity contribution in [3.63, 3.8) is 0 Å². The van der Waals surface area contributed by atoms with Gasteiger partial charge < -0.3 is 4.74 Å². The Morgan fingerprint density at radius 3 is 2.67 bits per heavy atom. The third-order valence-electron chi connectivity index (χ3n) is 4.09. The average Bonchev–Trinajstić information content (AvgIpc) is 3.14. The summed E-state index contributed by atoms with van der Waals surface area (Å²) in [6.07, 6.45) is 1.80. The maximum absolute atomic E-state index is 12.7. The van der Waals surface area contributed by atoms with Gasteiger partial charge in [0.25, 0.3) is 0 Å². The smallest absolute Gasteiger partial charge is 0.244 e. The quantitative estimate of drug-likeness (QED) is 0.879. The number of aromatic nitrogens is 2. The number of nitrogens with one attached hydrogen (secondary N) is 1. The molecule has 1 aromatic carbocycles. The van der Waals surface area contributed by atoms with E-state index in [-0.39, 0.29) is 17.5 Å². The molecule has 130 valence electrons. The topological polar surface area (TPSA) is 73.2 Å². The highest BCUT2D eigenvalue weighted by Gasteiger charge is 2.26. The van der Waals surface area contributed by atoms with E-state index in [1.165, 1.54) is 0 Å². The Balaban J connectivity index is 1.88. The molecule has 1 saturated heterocycles. The summed E-state index contributed by atoms with van der Waals surface area (Å²) in [5.41, 5.74) is 1.79. The summed E-state index contributed by atoms with van der Waals surface area (Å²) >= 11 is 5.90. The van der Waals surface area contributed by atoms with Crippen LogP contribution in [-0.2, 0) is 14.8 Å². The standard InChI is InChI=1S/C16H20ClN3O3S/c1-11-16(24(21,22)18-10-15-4-3-9-23-15)12(2)20(19-11)14-7-5-13(17)6-8-14/h5-8,15,18H,3-4,9-10H2,1-2H3/t15-/m0/s1. The lowest BCUT2D eigenvalue weighted by atomic mass is 10.2. The van der Waals surface area contributed by atoms with Crippen LogP contribution in [0.15, 0.2) is 29.2 Å². The predicted molar refractivity (Wildman–Crippen MR) is 92.2 cm³/mol. The van der Waals surface area contributed by atoms with Crippen molar-refractivity contribution in [2.45, 2.75) is 37.7 Å². The molecule has 2 heterocycles. The van der Waals surface area contributed by atoms with Crippen LogP contribution in [-0.4, -0.2) is 37.5 Å². The van der Waals surface area contributed by atoms with Gasteiger partial charge in [-0.25, -0.2) is 17.8 Å². The lowest BCUT2D eigenvalue weighted by Gasteiger charge is -2.12. The first kappa shape index (κ1) is 17.4. The highest BCUT2D eigenvalue weighted by atomic mass is 35.5. The number of ether oxygens (including phenoxy) is 1. The third-order valence-corrected chi connectivity index (χ3v) is 6.02. The molecule has 8 heteroatoms. The normalized spacial score (nSPS) is 18.2. The molecular formula is C16H20ClN3O3S. The van der Waals surface area contributed by atoms with E-state index in [4.69, 9.17) is 16.3 Å². The van der Waals surface area contributed by atoms with E-state index in [1.807, 2.05) is 0 Å². The van der Waals surface area contributed by atoms with Gasteiger partial charge in [0.2, 0.25) is 10.0 Å². The van der Waals surface area contributed by atoms with Gasteiger partial charge in [-0.3, -0.25) is 0 Å². The first-order chi connectivity index (χ1) is 11.4. The third kappa shape index (κ3) is 3.49. The summed E-state index contributed by atoms with van der Waals surface area (Å²) < 4.78 is 35.1. The number of sulfonamides is 1. The van der Waals surface area contributed by atoms with Crippen molar-refractivity contribution in [3.05, 3.63) is 40.7 Å². The minimum atomic E-state index is -3.64. The average molecular weight is 370 g/mol. The molecule has 2 aromatic rings. The molecule has 1 aliphatic heterocycles. The Labute approximate surface area is 146 Å². The van der Waals surface area contributed by atoms with Crippen LogP contribution in [0.25, 0.3) is 5.69 Å². The van der Waals surface area contributed by atoms with E-state index in [0.29, 0.717) is 23.0 Å². The highest BCUT2D eigenvalue weighted by molar-refractivity contribution is 7.89. The van der Waals surface area contributed by atoms with Gasteiger partial charge in [0.05, 0.1) is 23.2 Å². The predicted octanol–water partition coefficient (Wildman–Crippen LogP) is 2.60. The first-order valence-corrected chi connectivity index (χ1v) is 9.68. The van der Waals surface area contributed by atoms with Crippen LogP contribution >= 0.6 is 11.6 Å². The molecule has 1 aliphatic rings. The van der Waals surface area contributed by atoms with E-state index < -0.39 is 10.0 Å². The van der Waals surface area contributed by atoms with E-state index in [0.717, 1.165) is 18.5 Å². The van der Waals surface area contributed by atoms with Gasteiger partial charge in [-0.2, -0.15) is 5.10 Å². The van der Waals surface area contributed by atoms with Crippen molar-refractivity contribution in [2.24, 2.45) is 0 Å². The molecule has 0 unspecified atom stereocenters. The van der Waals surface area contributed by atoms with Gasteiger partial charge in [-0.1, -0.05) is 11.6 Å². The van der Waals surface area contributed by atoms with Crippen LogP contribution in [0, 0.1) is 13.8 Å². The zero-order chi connectivity index (χ0) is 17.3. The second-order valence-corrected chi connectivity index (χ2v) is 8.02. The number of rotatable bonds is 5.